The number of rotatable bonds is 7. The van der Waals surface area contributed by atoms with E-state index < -0.39 is 0 Å². The summed E-state index contributed by atoms with van der Waals surface area (Å²) in [5.41, 5.74) is 0. The number of likely N-dealkylation sites (N-methyl/N-ethyl adjacent to an activating group) is 1. The fraction of sp³-hybridized carbons (Fsp3) is 0.688. The monoisotopic (exact) mass is 310 g/mol. The van der Waals surface area contributed by atoms with Crippen LogP contribution in [0.1, 0.15) is 29.2 Å². The van der Waals surface area contributed by atoms with Crippen LogP contribution in [0.2, 0.25) is 0 Å². The largest absolute Gasteiger partial charge is 0.453 e. The van der Waals surface area contributed by atoms with Crippen molar-refractivity contribution in [3.8, 4) is 0 Å². The highest BCUT2D eigenvalue weighted by atomic mass is 16.5. The Morgan fingerprint density at radius 1 is 1.36 bits per heavy atom. The first-order chi connectivity index (χ1) is 10.6. The van der Waals surface area contributed by atoms with E-state index in [2.05, 4.69) is 4.90 Å². The third-order valence-corrected chi connectivity index (χ3v) is 3.78. The number of nitrogens with zero attached hydrogens (tertiary/aromatic N) is 2. The van der Waals surface area contributed by atoms with Crippen LogP contribution in [0, 0.1) is 0 Å². The van der Waals surface area contributed by atoms with Gasteiger partial charge in [0.05, 0.1) is 12.7 Å². The molecule has 1 aromatic rings. The third-order valence-electron chi connectivity index (χ3n) is 3.78. The Bertz CT molecular complexity index is 464. The van der Waals surface area contributed by atoms with Crippen LogP contribution < -0.4 is 0 Å². The van der Waals surface area contributed by atoms with Crippen molar-refractivity contribution in [2.45, 2.75) is 25.6 Å². The average molecular weight is 310 g/mol. The molecule has 1 aliphatic heterocycles. The zero-order valence-corrected chi connectivity index (χ0v) is 13.7. The SMILES string of the molecule is COCc1ccc(C(=O)N2CCC(OCCN(C)C)CC2)o1. The molecule has 2 rings (SSSR count). The number of methoxy groups -OCH3 is 1. The van der Waals surface area contributed by atoms with Gasteiger partial charge in [-0.15, -0.1) is 0 Å². The lowest BCUT2D eigenvalue weighted by atomic mass is 10.1. The summed E-state index contributed by atoms with van der Waals surface area (Å²) in [5, 5.41) is 0. The number of piperidine rings is 1. The zero-order chi connectivity index (χ0) is 15.9. The molecular weight excluding hydrogens is 284 g/mol. The van der Waals surface area contributed by atoms with Gasteiger partial charge in [-0.1, -0.05) is 0 Å². The van der Waals surface area contributed by atoms with Crippen LogP contribution in [0.15, 0.2) is 16.5 Å². The Morgan fingerprint density at radius 2 is 2.09 bits per heavy atom. The summed E-state index contributed by atoms with van der Waals surface area (Å²) in [5.74, 6) is 1.01. The van der Waals surface area contributed by atoms with Crippen molar-refractivity contribution in [1.82, 2.24) is 9.80 Å². The molecule has 0 saturated carbocycles. The van der Waals surface area contributed by atoms with E-state index in [-0.39, 0.29) is 12.0 Å². The van der Waals surface area contributed by atoms with Crippen molar-refractivity contribution in [2.75, 3.05) is 47.4 Å². The lowest BCUT2D eigenvalue weighted by Gasteiger charge is -2.31. The van der Waals surface area contributed by atoms with Crippen LogP contribution in [0.3, 0.4) is 0 Å². The van der Waals surface area contributed by atoms with E-state index in [1.54, 1.807) is 19.2 Å². The number of furan rings is 1. The quantitative estimate of drug-likeness (QED) is 0.766. The Labute approximate surface area is 132 Å². The van der Waals surface area contributed by atoms with E-state index in [0.29, 0.717) is 31.2 Å². The maximum Gasteiger partial charge on any atom is 0.289 e. The van der Waals surface area contributed by atoms with E-state index in [9.17, 15) is 4.79 Å². The van der Waals surface area contributed by atoms with Crippen LogP contribution in [0.25, 0.3) is 0 Å². The van der Waals surface area contributed by atoms with Crippen molar-refractivity contribution in [1.29, 1.82) is 0 Å². The van der Waals surface area contributed by atoms with E-state index in [1.807, 2.05) is 19.0 Å². The number of amides is 1. The van der Waals surface area contributed by atoms with Gasteiger partial charge in [0.1, 0.15) is 12.4 Å². The standard InChI is InChI=1S/C16H26N2O4/c1-17(2)10-11-21-13-6-8-18(9-7-13)16(19)15-5-4-14(22-15)12-20-3/h4-5,13H,6-12H2,1-3H3. The van der Waals surface area contributed by atoms with E-state index in [0.717, 1.165) is 26.0 Å². The van der Waals surface area contributed by atoms with Gasteiger partial charge in [-0.05, 0) is 39.1 Å². The molecule has 1 aromatic heterocycles. The molecule has 0 aliphatic carbocycles. The number of carbonyl (C=O) groups is 1. The molecule has 1 aliphatic rings. The first-order valence-corrected chi connectivity index (χ1v) is 7.73. The topological polar surface area (TPSA) is 55.1 Å². The first-order valence-electron chi connectivity index (χ1n) is 7.73. The number of hydrogen-bond acceptors (Lipinski definition) is 5. The molecule has 124 valence electrons. The molecule has 2 heterocycles. The summed E-state index contributed by atoms with van der Waals surface area (Å²) in [4.78, 5) is 16.3. The van der Waals surface area contributed by atoms with Gasteiger partial charge < -0.3 is 23.7 Å². The molecule has 22 heavy (non-hydrogen) atoms. The normalized spacial score (nSPS) is 16.5. The molecule has 0 radical (unpaired) electrons. The number of hydrogen-bond donors (Lipinski definition) is 0. The maximum atomic E-state index is 12.4. The van der Waals surface area contributed by atoms with Gasteiger partial charge in [0.25, 0.3) is 5.91 Å². The second-order valence-electron chi connectivity index (χ2n) is 5.86. The maximum absolute atomic E-state index is 12.4. The smallest absolute Gasteiger partial charge is 0.289 e. The Morgan fingerprint density at radius 3 is 2.73 bits per heavy atom. The molecular formula is C16H26N2O4. The van der Waals surface area contributed by atoms with Gasteiger partial charge in [0.2, 0.25) is 0 Å². The van der Waals surface area contributed by atoms with Crippen LogP contribution in [-0.2, 0) is 16.1 Å². The molecule has 6 heteroatoms. The second-order valence-corrected chi connectivity index (χ2v) is 5.86. The molecule has 0 atom stereocenters. The first kappa shape index (κ1) is 17.0. The summed E-state index contributed by atoms with van der Waals surface area (Å²) in [7, 11) is 5.67. The van der Waals surface area contributed by atoms with Crippen molar-refractivity contribution >= 4 is 5.91 Å². The molecule has 0 unspecified atom stereocenters. The fourth-order valence-corrected chi connectivity index (χ4v) is 2.50. The molecule has 0 spiro atoms. The van der Waals surface area contributed by atoms with Crippen molar-refractivity contribution in [2.24, 2.45) is 0 Å². The zero-order valence-electron chi connectivity index (χ0n) is 13.7. The predicted octanol–water partition coefficient (Wildman–Crippen LogP) is 1.61. The molecule has 0 bridgehead atoms. The van der Waals surface area contributed by atoms with Crippen molar-refractivity contribution < 1.29 is 18.7 Å². The number of ether oxygens (including phenoxy) is 2. The third kappa shape index (κ3) is 4.83. The minimum Gasteiger partial charge on any atom is -0.453 e. The molecule has 0 aromatic carbocycles. The predicted molar refractivity (Wildman–Crippen MR) is 82.9 cm³/mol. The summed E-state index contributed by atoms with van der Waals surface area (Å²) in [6, 6.07) is 3.50. The lowest BCUT2D eigenvalue weighted by molar-refractivity contribution is 0.00314. The lowest BCUT2D eigenvalue weighted by Crippen LogP contribution is -2.41. The summed E-state index contributed by atoms with van der Waals surface area (Å²) < 4.78 is 16.3. The highest BCUT2D eigenvalue weighted by Gasteiger charge is 2.25. The molecule has 1 fully saturated rings. The van der Waals surface area contributed by atoms with Crippen molar-refractivity contribution in [3.05, 3.63) is 23.7 Å². The molecule has 1 amide bonds. The van der Waals surface area contributed by atoms with Crippen LogP contribution in [0.5, 0.6) is 0 Å². The van der Waals surface area contributed by atoms with E-state index in [4.69, 9.17) is 13.9 Å². The molecule has 0 N–H and O–H groups in total. The highest BCUT2D eigenvalue weighted by Crippen LogP contribution is 2.18. The van der Waals surface area contributed by atoms with E-state index >= 15 is 0 Å². The number of likely N-dealkylation sites (tertiary alicyclic amines) is 1. The Hall–Kier alpha value is -1.37. The van der Waals surface area contributed by atoms with Crippen LogP contribution in [0.4, 0.5) is 0 Å². The fourth-order valence-electron chi connectivity index (χ4n) is 2.50. The van der Waals surface area contributed by atoms with Crippen LogP contribution in [-0.4, -0.2) is 69.3 Å². The van der Waals surface area contributed by atoms with Gasteiger partial charge in [-0.3, -0.25) is 4.79 Å². The van der Waals surface area contributed by atoms with Gasteiger partial charge in [0.15, 0.2) is 5.76 Å². The minimum atomic E-state index is -0.0471. The highest BCUT2D eigenvalue weighted by molar-refractivity contribution is 5.91. The van der Waals surface area contributed by atoms with Gasteiger partial charge in [0, 0.05) is 26.7 Å². The van der Waals surface area contributed by atoms with Gasteiger partial charge in [-0.2, -0.15) is 0 Å². The van der Waals surface area contributed by atoms with Crippen molar-refractivity contribution in [3.63, 3.8) is 0 Å². The van der Waals surface area contributed by atoms with Gasteiger partial charge in [-0.25, -0.2) is 0 Å². The van der Waals surface area contributed by atoms with Gasteiger partial charge >= 0.3 is 0 Å². The van der Waals surface area contributed by atoms with E-state index in [1.165, 1.54) is 0 Å². The summed E-state index contributed by atoms with van der Waals surface area (Å²) in [6.45, 7) is 3.48. The molecule has 6 nitrogen and oxygen atoms in total. The summed E-state index contributed by atoms with van der Waals surface area (Å²) >= 11 is 0. The minimum absolute atomic E-state index is 0.0471. The Kier molecular flexibility index (Phi) is 6.42. The molecule has 1 saturated heterocycles. The second kappa shape index (κ2) is 8.31. The summed E-state index contributed by atoms with van der Waals surface area (Å²) in [6.07, 6.45) is 2.01. The number of carbonyl (C=O) groups excluding carboxylic acids is 1. The average Bonchev–Trinajstić information content (AvgIpc) is 2.96. The van der Waals surface area contributed by atoms with Crippen LogP contribution >= 0.6 is 0 Å². The Balaban J connectivity index is 1.76.